The van der Waals surface area contributed by atoms with Gasteiger partial charge in [-0.25, -0.2) is 4.39 Å². The monoisotopic (exact) mass is 295 g/mol. The third-order valence-electron chi connectivity index (χ3n) is 3.53. The third kappa shape index (κ3) is 4.99. The number of nitrogens with one attached hydrogen (secondary N) is 1. The van der Waals surface area contributed by atoms with Crippen molar-refractivity contribution in [1.29, 1.82) is 0 Å². The molecular formula is C15H22FN3O2. The Bertz CT molecular complexity index is 490. The predicted molar refractivity (Wildman–Crippen MR) is 80.5 cm³/mol. The van der Waals surface area contributed by atoms with E-state index in [1.54, 1.807) is 0 Å². The number of nitrogen functional groups attached to an aromatic ring is 1. The first-order chi connectivity index (χ1) is 10.0. The van der Waals surface area contributed by atoms with Gasteiger partial charge in [0.15, 0.2) is 0 Å². The molecule has 0 aromatic heterocycles. The van der Waals surface area contributed by atoms with Gasteiger partial charge in [-0.3, -0.25) is 9.69 Å². The lowest BCUT2D eigenvalue weighted by molar-refractivity contribution is -0.117. The number of benzene rings is 1. The van der Waals surface area contributed by atoms with Crippen LogP contribution in [0.3, 0.4) is 0 Å². The second-order valence-corrected chi connectivity index (χ2v) is 5.56. The molecule has 1 aromatic rings. The number of rotatable bonds is 5. The van der Waals surface area contributed by atoms with Crippen molar-refractivity contribution in [2.45, 2.75) is 12.8 Å². The minimum Gasteiger partial charge on any atom is -0.397 e. The van der Waals surface area contributed by atoms with E-state index in [9.17, 15) is 9.18 Å². The van der Waals surface area contributed by atoms with E-state index in [0.717, 1.165) is 32.6 Å². The Morgan fingerprint density at radius 1 is 1.57 bits per heavy atom. The van der Waals surface area contributed by atoms with Crippen molar-refractivity contribution in [3.8, 4) is 0 Å². The molecule has 5 nitrogen and oxygen atoms in total. The van der Waals surface area contributed by atoms with E-state index < -0.39 is 5.82 Å². The Hall–Kier alpha value is -1.66. The fraction of sp³-hybridized carbons (Fsp3) is 0.533. The maximum absolute atomic E-state index is 12.9. The number of halogens is 1. The fourth-order valence-corrected chi connectivity index (χ4v) is 2.54. The number of carbonyl (C=O) groups excluding carboxylic acids is 1. The van der Waals surface area contributed by atoms with Crippen molar-refractivity contribution in [2.75, 3.05) is 44.4 Å². The number of hydrogen-bond acceptors (Lipinski definition) is 4. The van der Waals surface area contributed by atoms with Crippen molar-refractivity contribution in [1.82, 2.24) is 4.90 Å². The summed E-state index contributed by atoms with van der Waals surface area (Å²) in [6.07, 6.45) is 2.22. The Kier molecular flexibility index (Phi) is 5.52. The zero-order valence-electron chi connectivity index (χ0n) is 12.3. The van der Waals surface area contributed by atoms with Gasteiger partial charge in [-0.05, 0) is 44.0 Å². The van der Waals surface area contributed by atoms with Gasteiger partial charge in [0.05, 0.1) is 24.5 Å². The van der Waals surface area contributed by atoms with Crippen LogP contribution < -0.4 is 11.1 Å². The summed E-state index contributed by atoms with van der Waals surface area (Å²) in [5.74, 6) is -0.0973. The third-order valence-corrected chi connectivity index (χ3v) is 3.53. The molecule has 1 heterocycles. The zero-order chi connectivity index (χ0) is 15.2. The quantitative estimate of drug-likeness (QED) is 0.811. The number of ether oxygens (including phenoxy) is 1. The van der Waals surface area contributed by atoms with E-state index in [0.29, 0.717) is 11.6 Å². The summed E-state index contributed by atoms with van der Waals surface area (Å²) in [7, 11) is 1.90. The van der Waals surface area contributed by atoms with Crippen LogP contribution in [-0.4, -0.2) is 44.2 Å². The van der Waals surface area contributed by atoms with Crippen LogP contribution >= 0.6 is 0 Å². The molecule has 3 N–H and O–H groups in total. The number of amides is 1. The molecule has 1 aliphatic rings. The van der Waals surface area contributed by atoms with Gasteiger partial charge >= 0.3 is 0 Å². The summed E-state index contributed by atoms with van der Waals surface area (Å²) >= 11 is 0. The van der Waals surface area contributed by atoms with Gasteiger partial charge in [-0.2, -0.15) is 0 Å². The molecule has 0 spiro atoms. The standard InChI is InChI=1S/C15H22FN3O2/c1-19(8-11-3-2-6-21-10-11)9-15(20)18-14-5-4-12(16)7-13(14)17/h4-5,7,11H,2-3,6,8-10,17H2,1H3,(H,18,20). The molecular weight excluding hydrogens is 273 g/mol. The predicted octanol–water partition coefficient (Wildman–Crippen LogP) is 1.70. The highest BCUT2D eigenvalue weighted by Crippen LogP contribution is 2.19. The Labute approximate surface area is 124 Å². The minimum atomic E-state index is -0.417. The smallest absolute Gasteiger partial charge is 0.238 e. The summed E-state index contributed by atoms with van der Waals surface area (Å²) in [6, 6.07) is 3.94. The number of anilines is 2. The second kappa shape index (κ2) is 7.38. The zero-order valence-corrected chi connectivity index (χ0v) is 12.3. The maximum Gasteiger partial charge on any atom is 0.238 e. The van der Waals surface area contributed by atoms with E-state index in [-0.39, 0.29) is 18.1 Å². The molecule has 1 aliphatic heterocycles. The van der Waals surface area contributed by atoms with Gasteiger partial charge < -0.3 is 15.8 Å². The van der Waals surface area contributed by atoms with E-state index in [4.69, 9.17) is 10.5 Å². The highest BCUT2D eigenvalue weighted by Gasteiger charge is 2.17. The van der Waals surface area contributed by atoms with E-state index in [2.05, 4.69) is 5.32 Å². The van der Waals surface area contributed by atoms with Crippen molar-refractivity contribution in [2.24, 2.45) is 5.92 Å². The number of hydrogen-bond donors (Lipinski definition) is 2. The molecule has 1 atom stereocenters. The lowest BCUT2D eigenvalue weighted by atomic mass is 10.0. The first-order valence-electron chi connectivity index (χ1n) is 7.16. The highest BCUT2D eigenvalue weighted by atomic mass is 19.1. The van der Waals surface area contributed by atoms with Gasteiger partial charge in [0.1, 0.15) is 5.82 Å². The van der Waals surface area contributed by atoms with Crippen LogP contribution in [-0.2, 0) is 9.53 Å². The number of nitrogens with two attached hydrogens (primary N) is 1. The van der Waals surface area contributed by atoms with E-state index >= 15 is 0 Å². The van der Waals surface area contributed by atoms with Crippen LogP contribution in [0.2, 0.25) is 0 Å². The molecule has 116 valence electrons. The van der Waals surface area contributed by atoms with Crippen LogP contribution in [0.1, 0.15) is 12.8 Å². The lowest BCUT2D eigenvalue weighted by Gasteiger charge is -2.26. The van der Waals surface area contributed by atoms with Gasteiger partial charge in [-0.15, -0.1) is 0 Å². The largest absolute Gasteiger partial charge is 0.397 e. The van der Waals surface area contributed by atoms with Gasteiger partial charge in [0, 0.05) is 13.2 Å². The van der Waals surface area contributed by atoms with E-state index in [1.807, 2.05) is 11.9 Å². The van der Waals surface area contributed by atoms with Crippen molar-refractivity contribution in [3.63, 3.8) is 0 Å². The number of nitrogens with zero attached hydrogens (tertiary/aromatic N) is 1. The molecule has 0 radical (unpaired) electrons. The summed E-state index contributed by atoms with van der Waals surface area (Å²) in [6.45, 7) is 2.70. The topological polar surface area (TPSA) is 67.6 Å². The first-order valence-corrected chi connectivity index (χ1v) is 7.16. The molecule has 1 unspecified atom stereocenters. The average Bonchev–Trinajstić information content (AvgIpc) is 2.43. The van der Waals surface area contributed by atoms with Gasteiger partial charge in [0.2, 0.25) is 5.91 Å². The molecule has 0 bridgehead atoms. The van der Waals surface area contributed by atoms with Crippen LogP contribution in [0.25, 0.3) is 0 Å². The summed E-state index contributed by atoms with van der Waals surface area (Å²) in [5.41, 5.74) is 6.33. The highest BCUT2D eigenvalue weighted by molar-refractivity contribution is 5.95. The first kappa shape index (κ1) is 15.7. The van der Waals surface area contributed by atoms with Crippen LogP contribution in [0.4, 0.5) is 15.8 Å². The second-order valence-electron chi connectivity index (χ2n) is 5.56. The minimum absolute atomic E-state index is 0.160. The molecule has 1 fully saturated rings. The fourth-order valence-electron chi connectivity index (χ4n) is 2.54. The van der Waals surface area contributed by atoms with E-state index in [1.165, 1.54) is 18.2 Å². The average molecular weight is 295 g/mol. The molecule has 6 heteroatoms. The summed E-state index contributed by atoms with van der Waals surface area (Å²) in [4.78, 5) is 13.9. The lowest BCUT2D eigenvalue weighted by Crippen LogP contribution is -2.36. The number of likely N-dealkylation sites (N-methyl/N-ethyl adjacent to an activating group) is 1. The van der Waals surface area contributed by atoms with Crippen molar-refractivity contribution >= 4 is 17.3 Å². The maximum atomic E-state index is 12.9. The van der Waals surface area contributed by atoms with Gasteiger partial charge in [-0.1, -0.05) is 0 Å². The van der Waals surface area contributed by atoms with Gasteiger partial charge in [0.25, 0.3) is 0 Å². The molecule has 2 rings (SSSR count). The van der Waals surface area contributed by atoms with Crippen LogP contribution in [0, 0.1) is 11.7 Å². The molecule has 0 saturated carbocycles. The van der Waals surface area contributed by atoms with Crippen molar-refractivity contribution < 1.29 is 13.9 Å². The molecule has 1 aromatic carbocycles. The molecule has 1 amide bonds. The Morgan fingerprint density at radius 3 is 3.05 bits per heavy atom. The number of carbonyl (C=O) groups is 1. The molecule has 1 saturated heterocycles. The summed E-state index contributed by atoms with van der Waals surface area (Å²) < 4.78 is 18.4. The Balaban J connectivity index is 1.80. The summed E-state index contributed by atoms with van der Waals surface area (Å²) in [5, 5.41) is 2.70. The molecule has 21 heavy (non-hydrogen) atoms. The molecule has 0 aliphatic carbocycles. The van der Waals surface area contributed by atoms with Crippen LogP contribution in [0.5, 0.6) is 0 Å². The van der Waals surface area contributed by atoms with Crippen LogP contribution in [0.15, 0.2) is 18.2 Å². The Morgan fingerprint density at radius 2 is 2.38 bits per heavy atom. The SMILES string of the molecule is CN(CC(=O)Nc1ccc(F)cc1N)CC1CCCOC1. The normalized spacial score (nSPS) is 18.7. The van der Waals surface area contributed by atoms with Crippen molar-refractivity contribution in [3.05, 3.63) is 24.0 Å².